The summed E-state index contributed by atoms with van der Waals surface area (Å²) >= 11 is 5.39. The van der Waals surface area contributed by atoms with Gasteiger partial charge in [-0.25, -0.2) is 9.18 Å². The summed E-state index contributed by atoms with van der Waals surface area (Å²) in [6.45, 7) is 0. The van der Waals surface area contributed by atoms with Gasteiger partial charge in [0.25, 0.3) is 0 Å². The molecule has 2 nitrogen and oxygen atoms in total. The molecule has 0 atom stereocenters. The molecule has 1 aromatic rings. The van der Waals surface area contributed by atoms with E-state index in [1.165, 1.54) is 6.07 Å². The van der Waals surface area contributed by atoms with Gasteiger partial charge in [0, 0.05) is 34.6 Å². The average Bonchev–Trinajstić information content (AvgIpc) is 1.85. The first-order valence-corrected chi connectivity index (χ1v) is 3.17. The fourth-order valence-corrected chi connectivity index (χ4v) is 0.822. The van der Waals surface area contributed by atoms with Crippen molar-refractivity contribution in [2.45, 2.75) is 0 Å². The third kappa shape index (κ3) is 2.75. The van der Waals surface area contributed by atoms with Crippen molar-refractivity contribution >= 4 is 47.1 Å². The van der Waals surface area contributed by atoms with Crippen LogP contribution in [0.4, 0.5) is 4.39 Å². The minimum Gasteiger partial charge on any atom is -0.478 e. The predicted octanol–water partition coefficient (Wildman–Crippen LogP) is 1.80. The Labute approximate surface area is 95.6 Å². The molecule has 0 amide bonds. The molecule has 12 heavy (non-hydrogen) atoms. The molecule has 0 fully saturated rings. The van der Waals surface area contributed by atoms with Gasteiger partial charge in [0.1, 0.15) is 5.82 Å². The van der Waals surface area contributed by atoms with Crippen molar-refractivity contribution in [1.29, 1.82) is 0 Å². The van der Waals surface area contributed by atoms with Gasteiger partial charge in [0.15, 0.2) is 0 Å². The molecule has 0 aliphatic heterocycles. The number of benzene rings is 1. The number of hydrogen-bond donors (Lipinski definition) is 1. The molecule has 1 aromatic carbocycles. The topological polar surface area (TPSA) is 37.3 Å². The van der Waals surface area contributed by atoms with Crippen molar-refractivity contribution in [3.63, 3.8) is 0 Å². The van der Waals surface area contributed by atoms with E-state index in [2.05, 4.69) is 0 Å². The summed E-state index contributed by atoms with van der Waals surface area (Å²) in [6, 6.07) is 3.42. The van der Waals surface area contributed by atoms with Gasteiger partial charge in [-0.15, -0.1) is 0 Å². The Morgan fingerprint density at radius 2 is 2.08 bits per heavy atom. The summed E-state index contributed by atoms with van der Waals surface area (Å²) in [4.78, 5) is 10.2. The molecule has 0 aliphatic carbocycles. The second kappa shape index (κ2) is 4.82. The van der Waals surface area contributed by atoms with Gasteiger partial charge >= 0.3 is 5.97 Å². The fraction of sp³-hybridized carbons (Fsp3) is 0. The summed E-state index contributed by atoms with van der Waals surface area (Å²) in [7, 11) is 0. The molecule has 59 valence electrons. The van der Waals surface area contributed by atoms with Crippen molar-refractivity contribution in [2.75, 3.05) is 0 Å². The molecular weight excluding hydrogens is 194 g/mol. The normalized spacial score (nSPS) is 8.83. The standard InChI is InChI=1S/C7H4ClFO2.Na/c8-4-1-2-5(7(10)11)6(9)3-4;/h1-3H,(H,10,11);. The first-order valence-electron chi connectivity index (χ1n) is 2.79. The van der Waals surface area contributed by atoms with E-state index in [9.17, 15) is 9.18 Å². The van der Waals surface area contributed by atoms with E-state index >= 15 is 0 Å². The minimum atomic E-state index is -1.29. The molecule has 0 saturated carbocycles. The average molecular weight is 198 g/mol. The minimum absolute atomic E-state index is 0. The Kier molecular flexibility index (Phi) is 4.78. The van der Waals surface area contributed by atoms with Gasteiger partial charge in [-0.1, -0.05) is 11.6 Å². The smallest absolute Gasteiger partial charge is 0.338 e. The summed E-state index contributed by atoms with van der Waals surface area (Å²) in [5.74, 6) is -2.11. The SMILES string of the molecule is O=C(O)c1ccc(Cl)cc1F.[Na]. The summed E-state index contributed by atoms with van der Waals surface area (Å²) in [6.07, 6.45) is 0. The fourth-order valence-electron chi connectivity index (χ4n) is 0.663. The van der Waals surface area contributed by atoms with Gasteiger partial charge in [0.2, 0.25) is 0 Å². The molecular formula is C7H4ClFNaO2. The Hall–Kier alpha value is -0.0900. The number of carboxylic acids is 1. The van der Waals surface area contributed by atoms with Crippen LogP contribution < -0.4 is 0 Å². The van der Waals surface area contributed by atoms with Crippen LogP contribution in [0.15, 0.2) is 18.2 Å². The molecule has 0 heterocycles. The number of rotatable bonds is 1. The largest absolute Gasteiger partial charge is 0.478 e. The van der Waals surface area contributed by atoms with Crippen LogP contribution in [-0.4, -0.2) is 40.6 Å². The second-order valence-electron chi connectivity index (χ2n) is 1.93. The number of halogens is 2. The zero-order chi connectivity index (χ0) is 8.43. The number of aromatic carboxylic acids is 1. The van der Waals surface area contributed by atoms with E-state index in [4.69, 9.17) is 16.7 Å². The molecule has 5 heteroatoms. The summed E-state index contributed by atoms with van der Waals surface area (Å²) in [5.41, 5.74) is -0.366. The van der Waals surface area contributed by atoms with Crippen LogP contribution in [0.3, 0.4) is 0 Å². The molecule has 1 radical (unpaired) electrons. The molecule has 0 saturated heterocycles. The predicted molar refractivity (Wildman–Crippen MR) is 44.1 cm³/mol. The van der Waals surface area contributed by atoms with Crippen molar-refractivity contribution in [3.05, 3.63) is 34.6 Å². The second-order valence-corrected chi connectivity index (χ2v) is 2.37. The van der Waals surface area contributed by atoms with Crippen molar-refractivity contribution in [1.82, 2.24) is 0 Å². The number of carbonyl (C=O) groups is 1. The van der Waals surface area contributed by atoms with E-state index in [1.807, 2.05) is 0 Å². The first-order chi connectivity index (χ1) is 5.11. The molecule has 0 unspecified atom stereocenters. The third-order valence-electron chi connectivity index (χ3n) is 1.16. The van der Waals surface area contributed by atoms with Crippen molar-refractivity contribution < 1.29 is 14.3 Å². The summed E-state index contributed by atoms with van der Waals surface area (Å²) < 4.78 is 12.6. The van der Waals surface area contributed by atoms with Crippen molar-refractivity contribution in [3.8, 4) is 0 Å². The van der Waals surface area contributed by atoms with Crippen LogP contribution in [0.2, 0.25) is 5.02 Å². The van der Waals surface area contributed by atoms with Crippen LogP contribution in [0.5, 0.6) is 0 Å². The van der Waals surface area contributed by atoms with Gasteiger partial charge in [-0.2, -0.15) is 0 Å². The van der Waals surface area contributed by atoms with E-state index < -0.39 is 11.8 Å². The van der Waals surface area contributed by atoms with Crippen LogP contribution in [0, 0.1) is 5.82 Å². The third-order valence-corrected chi connectivity index (χ3v) is 1.40. The Balaban J connectivity index is 0.00000121. The van der Waals surface area contributed by atoms with E-state index in [-0.39, 0.29) is 40.1 Å². The zero-order valence-electron chi connectivity index (χ0n) is 6.34. The molecule has 0 spiro atoms. The van der Waals surface area contributed by atoms with Crippen LogP contribution in [0.1, 0.15) is 10.4 Å². The van der Waals surface area contributed by atoms with Crippen LogP contribution in [0.25, 0.3) is 0 Å². The summed E-state index contributed by atoms with van der Waals surface area (Å²) in [5, 5.41) is 8.56. The molecule has 0 aliphatic rings. The van der Waals surface area contributed by atoms with Crippen LogP contribution in [-0.2, 0) is 0 Å². The van der Waals surface area contributed by atoms with Gasteiger partial charge in [-0.05, 0) is 18.2 Å². The monoisotopic (exact) mass is 197 g/mol. The maximum atomic E-state index is 12.6. The zero-order valence-corrected chi connectivity index (χ0v) is 9.10. The van der Waals surface area contributed by atoms with Gasteiger partial charge in [0.05, 0.1) is 5.56 Å². The first kappa shape index (κ1) is 11.9. The molecule has 1 N–H and O–H groups in total. The molecule has 0 bridgehead atoms. The quantitative estimate of drug-likeness (QED) is 0.697. The number of carboxylic acid groups (broad SMARTS) is 1. The molecule has 0 aromatic heterocycles. The Morgan fingerprint density at radius 3 is 2.50 bits per heavy atom. The van der Waals surface area contributed by atoms with Gasteiger partial charge < -0.3 is 5.11 Å². The Morgan fingerprint density at radius 1 is 1.50 bits per heavy atom. The maximum absolute atomic E-state index is 12.6. The molecule has 1 rings (SSSR count). The number of hydrogen-bond acceptors (Lipinski definition) is 1. The Bertz CT molecular complexity index is 303. The van der Waals surface area contributed by atoms with Crippen molar-refractivity contribution in [2.24, 2.45) is 0 Å². The maximum Gasteiger partial charge on any atom is 0.338 e. The van der Waals surface area contributed by atoms with E-state index in [1.54, 1.807) is 0 Å². The van der Waals surface area contributed by atoms with E-state index in [0.717, 1.165) is 12.1 Å². The van der Waals surface area contributed by atoms with E-state index in [0.29, 0.717) is 0 Å². The van der Waals surface area contributed by atoms with Gasteiger partial charge in [-0.3, -0.25) is 0 Å². The van der Waals surface area contributed by atoms with Crippen LogP contribution >= 0.6 is 11.6 Å².